The van der Waals surface area contributed by atoms with E-state index in [-0.39, 0.29) is 18.4 Å². The summed E-state index contributed by atoms with van der Waals surface area (Å²) in [5, 5.41) is 9.65. The number of aromatic carboxylic acids is 1. The van der Waals surface area contributed by atoms with Crippen LogP contribution in [-0.4, -0.2) is 20.6 Å². The molecule has 0 spiro atoms. The normalized spacial score (nSPS) is 18.1. The minimum absolute atomic E-state index is 0.0533. The summed E-state index contributed by atoms with van der Waals surface area (Å²) in [5.41, 5.74) is 1.55. The van der Waals surface area contributed by atoms with Gasteiger partial charge >= 0.3 is 5.97 Å². The number of carboxylic acid groups (broad SMARTS) is 1. The monoisotopic (exact) mass is 278 g/mol. The molecular weight excluding hydrogens is 268 g/mol. The van der Waals surface area contributed by atoms with E-state index in [4.69, 9.17) is 21.4 Å². The zero-order chi connectivity index (χ0) is 13.4. The maximum absolute atomic E-state index is 11.0. The first-order valence-corrected chi connectivity index (χ1v) is 6.18. The third-order valence-corrected chi connectivity index (χ3v) is 3.53. The Hall–Kier alpha value is -1.85. The van der Waals surface area contributed by atoms with E-state index in [1.54, 1.807) is 4.57 Å². The van der Waals surface area contributed by atoms with Crippen LogP contribution in [0.4, 0.5) is 0 Å². The number of benzene rings is 1. The number of carbonyl (C=O) groups is 1. The summed E-state index contributed by atoms with van der Waals surface area (Å²) < 4.78 is 7.52. The van der Waals surface area contributed by atoms with Gasteiger partial charge in [0.1, 0.15) is 6.10 Å². The molecule has 0 bridgehead atoms. The van der Waals surface area contributed by atoms with Crippen molar-refractivity contribution >= 4 is 17.6 Å². The summed E-state index contributed by atoms with van der Waals surface area (Å²) in [5.74, 6) is -1.03. The molecule has 1 unspecified atom stereocenters. The van der Waals surface area contributed by atoms with Crippen LogP contribution in [0, 0.1) is 0 Å². The van der Waals surface area contributed by atoms with Crippen molar-refractivity contribution in [3.63, 3.8) is 0 Å². The first-order chi connectivity index (χ1) is 9.16. The summed E-state index contributed by atoms with van der Waals surface area (Å²) in [4.78, 5) is 14.9. The summed E-state index contributed by atoms with van der Waals surface area (Å²) >= 11 is 6.14. The second-order valence-corrected chi connectivity index (χ2v) is 4.73. The van der Waals surface area contributed by atoms with Gasteiger partial charge in [0.05, 0.1) is 25.2 Å². The average Bonchev–Trinajstić information content (AvgIpc) is 2.82. The van der Waals surface area contributed by atoms with Gasteiger partial charge in [-0.3, -0.25) is 0 Å². The predicted molar refractivity (Wildman–Crippen MR) is 68.2 cm³/mol. The van der Waals surface area contributed by atoms with Gasteiger partial charge in [0.2, 0.25) is 0 Å². The van der Waals surface area contributed by atoms with Gasteiger partial charge in [-0.05, 0) is 6.07 Å². The molecule has 98 valence electrons. The van der Waals surface area contributed by atoms with E-state index in [9.17, 15) is 4.79 Å². The van der Waals surface area contributed by atoms with E-state index in [0.717, 1.165) is 5.56 Å². The van der Waals surface area contributed by atoms with Gasteiger partial charge in [-0.2, -0.15) is 0 Å². The Balaban J connectivity index is 1.91. The van der Waals surface area contributed by atoms with Crippen LogP contribution in [0.25, 0.3) is 0 Å². The van der Waals surface area contributed by atoms with Gasteiger partial charge in [-0.25, -0.2) is 9.78 Å². The highest BCUT2D eigenvalue weighted by molar-refractivity contribution is 6.31. The molecule has 1 atom stereocenters. The number of hydrogen-bond acceptors (Lipinski definition) is 3. The van der Waals surface area contributed by atoms with E-state index in [2.05, 4.69) is 4.98 Å². The van der Waals surface area contributed by atoms with Crippen LogP contribution in [0.3, 0.4) is 0 Å². The van der Waals surface area contributed by atoms with Crippen molar-refractivity contribution in [1.29, 1.82) is 0 Å². The summed E-state index contributed by atoms with van der Waals surface area (Å²) in [7, 11) is 0. The third-order valence-electron chi connectivity index (χ3n) is 3.18. The van der Waals surface area contributed by atoms with Gasteiger partial charge in [0.15, 0.2) is 5.69 Å². The van der Waals surface area contributed by atoms with Crippen molar-refractivity contribution in [2.24, 2.45) is 0 Å². The number of rotatable bonds is 2. The van der Waals surface area contributed by atoms with E-state index >= 15 is 0 Å². The fourth-order valence-corrected chi connectivity index (χ4v) is 2.49. The number of halogens is 1. The van der Waals surface area contributed by atoms with Crippen molar-refractivity contribution in [1.82, 2.24) is 9.55 Å². The molecule has 6 heteroatoms. The van der Waals surface area contributed by atoms with Gasteiger partial charge < -0.3 is 14.4 Å². The quantitative estimate of drug-likeness (QED) is 0.917. The molecule has 19 heavy (non-hydrogen) atoms. The van der Waals surface area contributed by atoms with Crippen LogP contribution >= 0.6 is 11.6 Å². The van der Waals surface area contributed by atoms with E-state index in [1.165, 1.54) is 6.33 Å². The lowest BCUT2D eigenvalue weighted by molar-refractivity contribution is 0.00226. The largest absolute Gasteiger partial charge is 0.476 e. The number of ether oxygens (including phenoxy) is 1. The van der Waals surface area contributed by atoms with Gasteiger partial charge in [0, 0.05) is 10.6 Å². The molecule has 1 aromatic carbocycles. The average molecular weight is 279 g/mol. The fourth-order valence-electron chi connectivity index (χ4n) is 2.23. The second-order valence-electron chi connectivity index (χ2n) is 4.32. The molecular formula is C13H11ClN2O3. The Labute approximate surface area is 114 Å². The van der Waals surface area contributed by atoms with Crippen molar-refractivity contribution < 1.29 is 14.6 Å². The zero-order valence-electron chi connectivity index (χ0n) is 9.91. The maximum Gasteiger partial charge on any atom is 0.356 e. The fraction of sp³-hybridized carbons (Fsp3) is 0.231. The zero-order valence-corrected chi connectivity index (χ0v) is 10.7. The minimum Gasteiger partial charge on any atom is -0.476 e. The van der Waals surface area contributed by atoms with Gasteiger partial charge in [-0.15, -0.1) is 0 Å². The molecule has 0 fully saturated rings. The lowest BCUT2D eigenvalue weighted by Crippen LogP contribution is -2.22. The Kier molecular flexibility index (Phi) is 3.00. The molecule has 2 aromatic rings. The van der Waals surface area contributed by atoms with Crippen molar-refractivity contribution in [2.75, 3.05) is 0 Å². The molecule has 1 aliphatic rings. The Morgan fingerprint density at radius 2 is 2.26 bits per heavy atom. The number of nitrogens with zero attached hydrogens (tertiary/aromatic N) is 2. The Bertz CT molecular complexity index is 639. The molecule has 0 saturated carbocycles. The predicted octanol–water partition coefficient (Wildman–Crippen LogP) is 2.51. The molecule has 2 heterocycles. The smallest absolute Gasteiger partial charge is 0.356 e. The topological polar surface area (TPSA) is 64.3 Å². The molecule has 1 N–H and O–H groups in total. The van der Waals surface area contributed by atoms with Crippen LogP contribution in [-0.2, 0) is 17.9 Å². The SMILES string of the molecule is O=C(O)c1ncn2c1COC(c1ccccc1Cl)C2. The standard InChI is InChI=1S/C13H11ClN2O3/c14-9-4-2-1-3-8(9)11-5-16-7-15-12(13(17)18)10(16)6-19-11/h1-4,7,11H,5-6H2,(H,17,18). The first-order valence-electron chi connectivity index (χ1n) is 5.80. The van der Waals surface area contributed by atoms with Crippen LogP contribution in [0.5, 0.6) is 0 Å². The maximum atomic E-state index is 11.0. The third kappa shape index (κ3) is 2.11. The van der Waals surface area contributed by atoms with Crippen molar-refractivity contribution in [3.05, 3.63) is 52.6 Å². The molecule has 1 aromatic heterocycles. The summed E-state index contributed by atoms with van der Waals surface area (Å²) in [6.07, 6.45) is 1.35. The number of hydrogen-bond donors (Lipinski definition) is 1. The highest BCUT2D eigenvalue weighted by atomic mass is 35.5. The van der Waals surface area contributed by atoms with E-state index in [1.807, 2.05) is 24.3 Å². The highest BCUT2D eigenvalue weighted by Crippen LogP contribution is 2.31. The number of fused-ring (bicyclic) bond motifs is 1. The minimum atomic E-state index is -1.03. The summed E-state index contributed by atoms with van der Waals surface area (Å²) in [6, 6.07) is 7.48. The van der Waals surface area contributed by atoms with Crippen LogP contribution in [0.15, 0.2) is 30.6 Å². The highest BCUT2D eigenvalue weighted by Gasteiger charge is 2.26. The molecule has 1 aliphatic heterocycles. The lowest BCUT2D eigenvalue weighted by Gasteiger charge is -2.26. The molecule has 0 aliphatic carbocycles. The molecule has 3 rings (SSSR count). The van der Waals surface area contributed by atoms with Crippen LogP contribution < -0.4 is 0 Å². The van der Waals surface area contributed by atoms with Gasteiger partial charge in [-0.1, -0.05) is 29.8 Å². The first kappa shape index (κ1) is 12.2. The van der Waals surface area contributed by atoms with Crippen LogP contribution in [0.2, 0.25) is 5.02 Å². The van der Waals surface area contributed by atoms with E-state index in [0.29, 0.717) is 17.3 Å². The molecule has 0 amide bonds. The lowest BCUT2D eigenvalue weighted by atomic mass is 10.1. The number of aromatic nitrogens is 2. The second kappa shape index (κ2) is 4.68. The Morgan fingerprint density at radius 3 is 3.00 bits per heavy atom. The summed E-state index contributed by atoms with van der Waals surface area (Å²) in [6.45, 7) is 0.733. The van der Waals surface area contributed by atoms with E-state index < -0.39 is 5.97 Å². The number of imidazole rings is 1. The van der Waals surface area contributed by atoms with Gasteiger partial charge in [0.25, 0.3) is 0 Å². The van der Waals surface area contributed by atoms with Crippen molar-refractivity contribution in [2.45, 2.75) is 19.3 Å². The Morgan fingerprint density at radius 1 is 1.47 bits per heavy atom. The molecule has 0 saturated heterocycles. The van der Waals surface area contributed by atoms with Crippen molar-refractivity contribution in [3.8, 4) is 0 Å². The molecule has 0 radical (unpaired) electrons. The van der Waals surface area contributed by atoms with Crippen LogP contribution in [0.1, 0.15) is 27.8 Å². The number of carboxylic acids is 1. The molecule has 5 nitrogen and oxygen atoms in total.